The fourth-order valence-corrected chi connectivity index (χ4v) is 1.07. The van der Waals surface area contributed by atoms with Gasteiger partial charge in [0.05, 0.1) is 0 Å². The summed E-state index contributed by atoms with van der Waals surface area (Å²) < 4.78 is 5.14. The minimum Gasteiger partial charge on any atom is -0.479 e. The molecule has 0 radical (unpaired) electrons. The highest BCUT2D eigenvalue weighted by Gasteiger charge is 1.95. The number of benzene rings is 1. The van der Waals surface area contributed by atoms with E-state index in [-0.39, 0.29) is 6.61 Å². The molecule has 4 heteroatoms. The smallest absolute Gasteiger partial charge is 0.174 e. The zero-order valence-corrected chi connectivity index (χ0v) is 9.03. The monoisotopic (exact) mass is 205 g/mol. The summed E-state index contributed by atoms with van der Waals surface area (Å²) in [6.07, 6.45) is 0. The molecular weight excluding hydrogens is 190 g/mol. The van der Waals surface area contributed by atoms with Crippen LogP contribution in [-0.2, 0) is 6.54 Å². The van der Waals surface area contributed by atoms with Crippen LogP contribution in [0, 0.1) is 11.3 Å². The van der Waals surface area contributed by atoms with E-state index in [1.54, 1.807) is 0 Å². The van der Waals surface area contributed by atoms with Crippen molar-refractivity contribution in [1.29, 1.82) is 5.26 Å². The van der Waals surface area contributed by atoms with E-state index >= 15 is 0 Å². The van der Waals surface area contributed by atoms with E-state index in [0.717, 1.165) is 12.3 Å². The van der Waals surface area contributed by atoms with Gasteiger partial charge in [0, 0.05) is 20.6 Å². The number of ether oxygens (including phenoxy) is 1. The molecule has 0 heterocycles. The Bertz CT molecular complexity index is 327. The maximum atomic E-state index is 8.34. The summed E-state index contributed by atoms with van der Waals surface area (Å²) in [6.45, 7) is 0.876. The molecule has 1 N–H and O–H groups in total. The third-order valence-corrected chi connectivity index (χ3v) is 1.83. The standard InChI is InChI=1S/C11H15N3O/c1-14(2)13-9-10-3-5-11(6-4-10)15-8-7-12/h3-6,13H,8-9H2,1-2H3. The van der Waals surface area contributed by atoms with Crippen molar-refractivity contribution < 1.29 is 4.74 Å². The molecule has 0 fully saturated rings. The van der Waals surface area contributed by atoms with E-state index < -0.39 is 0 Å². The number of nitriles is 1. The zero-order chi connectivity index (χ0) is 11.1. The lowest BCUT2D eigenvalue weighted by atomic mass is 10.2. The van der Waals surface area contributed by atoms with E-state index in [1.165, 1.54) is 5.56 Å². The quantitative estimate of drug-likeness (QED) is 0.733. The molecule has 0 atom stereocenters. The van der Waals surface area contributed by atoms with E-state index in [1.807, 2.05) is 49.4 Å². The largest absolute Gasteiger partial charge is 0.479 e. The highest BCUT2D eigenvalue weighted by molar-refractivity contribution is 5.27. The molecule has 0 aliphatic rings. The average Bonchev–Trinajstić information content (AvgIpc) is 2.25. The Labute approximate surface area is 90.0 Å². The van der Waals surface area contributed by atoms with Gasteiger partial charge >= 0.3 is 0 Å². The first-order valence-electron chi connectivity index (χ1n) is 4.72. The van der Waals surface area contributed by atoms with E-state index in [2.05, 4.69) is 5.43 Å². The van der Waals surface area contributed by atoms with Gasteiger partial charge < -0.3 is 4.74 Å². The normalized spacial score (nSPS) is 10.0. The lowest BCUT2D eigenvalue weighted by Crippen LogP contribution is -2.29. The van der Waals surface area contributed by atoms with Crippen LogP contribution in [-0.4, -0.2) is 25.7 Å². The van der Waals surface area contributed by atoms with Crippen molar-refractivity contribution >= 4 is 0 Å². The number of rotatable bonds is 5. The second kappa shape index (κ2) is 6.02. The SMILES string of the molecule is CN(C)NCc1ccc(OCC#N)cc1. The minimum absolute atomic E-state index is 0.0926. The van der Waals surface area contributed by atoms with Gasteiger partial charge in [-0.1, -0.05) is 12.1 Å². The molecule has 4 nitrogen and oxygen atoms in total. The van der Waals surface area contributed by atoms with Crippen molar-refractivity contribution in [1.82, 2.24) is 10.4 Å². The van der Waals surface area contributed by atoms with E-state index in [0.29, 0.717) is 0 Å². The van der Waals surface area contributed by atoms with Crippen LogP contribution in [0.5, 0.6) is 5.75 Å². The third kappa shape index (κ3) is 4.45. The Kier molecular flexibility index (Phi) is 4.61. The molecule has 15 heavy (non-hydrogen) atoms. The highest BCUT2D eigenvalue weighted by atomic mass is 16.5. The predicted molar refractivity (Wildman–Crippen MR) is 58.1 cm³/mol. The van der Waals surface area contributed by atoms with Gasteiger partial charge in [0.1, 0.15) is 11.8 Å². The van der Waals surface area contributed by atoms with Crippen LogP contribution in [0.15, 0.2) is 24.3 Å². The first-order chi connectivity index (χ1) is 7.22. The topological polar surface area (TPSA) is 48.3 Å². The maximum Gasteiger partial charge on any atom is 0.174 e. The summed E-state index contributed by atoms with van der Waals surface area (Å²) in [6, 6.07) is 9.61. The fraction of sp³-hybridized carbons (Fsp3) is 0.364. The van der Waals surface area contributed by atoms with Crippen molar-refractivity contribution in [3.05, 3.63) is 29.8 Å². The van der Waals surface area contributed by atoms with Crippen molar-refractivity contribution in [3.63, 3.8) is 0 Å². The van der Waals surface area contributed by atoms with Gasteiger partial charge in [0.15, 0.2) is 6.61 Å². The molecule has 0 saturated carbocycles. The molecule has 1 aromatic rings. The molecule has 80 valence electrons. The van der Waals surface area contributed by atoms with Crippen molar-refractivity contribution in [3.8, 4) is 11.8 Å². The molecule has 0 saturated heterocycles. The molecule has 0 amide bonds. The lowest BCUT2D eigenvalue weighted by molar-refractivity contribution is 0.286. The molecule has 0 aromatic heterocycles. The number of nitrogens with one attached hydrogen (secondary N) is 1. The summed E-state index contributed by atoms with van der Waals surface area (Å²) in [5, 5.41) is 10.2. The number of hydrazine groups is 1. The maximum absolute atomic E-state index is 8.34. The first-order valence-corrected chi connectivity index (χ1v) is 4.72. The van der Waals surface area contributed by atoms with Gasteiger partial charge in [0.25, 0.3) is 0 Å². The van der Waals surface area contributed by atoms with Gasteiger partial charge in [-0.3, -0.25) is 10.4 Å². The van der Waals surface area contributed by atoms with Gasteiger partial charge in [0.2, 0.25) is 0 Å². The van der Waals surface area contributed by atoms with Crippen molar-refractivity contribution in [2.45, 2.75) is 6.54 Å². The Morgan fingerprint density at radius 2 is 2.00 bits per heavy atom. The van der Waals surface area contributed by atoms with E-state index in [4.69, 9.17) is 10.00 Å². The Balaban J connectivity index is 2.46. The summed E-state index contributed by atoms with van der Waals surface area (Å²) in [5.74, 6) is 0.727. The van der Waals surface area contributed by atoms with Gasteiger partial charge in [-0.25, -0.2) is 0 Å². The summed E-state index contributed by atoms with van der Waals surface area (Å²) >= 11 is 0. The molecule has 0 bridgehead atoms. The van der Waals surface area contributed by atoms with E-state index in [9.17, 15) is 0 Å². The summed E-state index contributed by atoms with van der Waals surface area (Å²) in [5.41, 5.74) is 4.34. The Hall–Kier alpha value is -1.57. The van der Waals surface area contributed by atoms with Crippen LogP contribution in [0.3, 0.4) is 0 Å². The Morgan fingerprint density at radius 1 is 1.33 bits per heavy atom. The number of hydrogen-bond acceptors (Lipinski definition) is 4. The second-order valence-corrected chi connectivity index (χ2v) is 3.32. The van der Waals surface area contributed by atoms with Crippen molar-refractivity contribution in [2.75, 3.05) is 20.7 Å². The highest BCUT2D eigenvalue weighted by Crippen LogP contribution is 2.11. The van der Waals surface area contributed by atoms with Crippen LogP contribution in [0.25, 0.3) is 0 Å². The fourth-order valence-electron chi connectivity index (χ4n) is 1.07. The van der Waals surface area contributed by atoms with Crippen LogP contribution in [0.4, 0.5) is 0 Å². The minimum atomic E-state index is 0.0926. The molecule has 1 aromatic carbocycles. The second-order valence-electron chi connectivity index (χ2n) is 3.32. The summed E-state index contributed by atoms with van der Waals surface area (Å²) in [7, 11) is 3.90. The molecule has 0 unspecified atom stereocenters. The average molecular weight is 205 g/mol. The van der Waals surface area contributed by atoms with Gasteiger partial charge in [-0.15, -0.1) is 0 Å². The van der Waals surface area contributed by atoms with Crippen LogP contribution >= 0.6 is 0 Å². The molecule has 0 spiro atoms. The molecule has 0 aliphatic heterocycles. The molecule has 1 rings (SSSR count). The lowest BCUT2D eigenvalue weighted by Gasteiger charge is -2.11. The van der Waals surface area contributed by atoms with Crippen LogP contribution in [0.1, 0.15) is 5.56 Å². The zero-order valence-electron chi connectivity index (χ0n) is 9.03. The van der Waals surface area contributed by atoms with Crippen molar-refractivity contribution in [2.24, 2.45) is 0 Å². The number of nitrogens with zero attached hydrogens (tertiary/aromatic N) is 2. The van der Waals surface area contributed by atoms with Crippen LogP contribution < -0.4 is 10.2 Å². The first kappa shape index (κ1) is 11.5. The molecular formula is C11H15N3O. The summed E-state index contributed by atoms with van der Waals surface area (Å²) in [4.78, 5) is 0. The van der Waals surface area contributed by atoms with Gasteiger partial charge in [-0.2, -0.15) is 5.26 Å². The third-order valence-electron chi connectivity index (χ3n) is 1.83. The van der Waals surface area contributed by atoms with Gasteiger partial charge in [-0.05, 0) is 17.7 Å². The predicted octanol–water partition coefficient (Wildman–Crippen LogP) is 1.16. The Morgan fingerprint density at radius 3 is 2.53 bits per heavy atom. The molecule has 0 aliphatic carbocycles. The number of hydrogen-bond donors (Lipinski definition) is 1. The van der Waals surface area contributed by atoms with Crippen LogP contribution in [0.2, 0.25) is 0 Å².